The highest BCUT2D eigenvalue weighted by atomic mass is 19.1. The molecule has 0 radical (unpaired) electrons. The Bertz CT molecular complexity index is 932. The van der Waals surface area contributed by atoms with Gasteiger partial charge in [0.25, 0.3) is 0 Å². The lowest BCUT2D eigenvalue weighted by atomic mass is 9.91. The first-order valence-corrected chi connectivity index (χ1v) is 8.58. The molecule has 1 heterocycles. The van der Waals surface area contributed by atoms with Gasteiger partial charge in [0.15, 0.2) is 5.54 Å². The molecular weight excluding hydrogens is 370 g/mol. The van der Waals surface area contributed by atoms with Crippen molar-refractivity contribution >= 4 is 23.5 Å². The van der Waals surface area contributed by atoms with Gasteiger partial charge >= 0.3 is 5.97 Å². The molecule has 0 bridgehead atoms. The van der Waals surface area contributed by atoms with Crippen LogP contribution in [0.3, 0.4) is 0 Å². The fraction of sp³-hybridized carbons (Fsp3) is 0.250. The molecule has 2 aromatic rings. The van der Waals surface area contributed by atoms with Crippen molar-refractivity contribution in [3.63, 3.8) is 0 Å². The first-order valence-electron chi connectivity index (χ1n) is 8.58. The molecule has 0 spiro atoms. The van der Waals surface area contributed by atoms with Crippen LogP contribution in [0.5, 0.6) is 0 Å². The minimum absolute atomic E-state index is 0.0648. The summed E-state index contributed by atoms with van der Waals surface area (Å²) in [7, 11) is 0. The zero-order valence-corrected chi connectivity index (χ0v) is 15.0. The number of carboxylic acid groups (broad SMARTS) is 1. The van der Waals surface area contributed by atoms with Crippen molar-refractivity contribution in [2.45, 2.75) is 18.9 Å². The number of carbonyl (C=O) groups excluding carboxylic acids is 2. The van der Waals surface area contributed by atoms with Crippen molar-refractivity contribution in [2.75, 3.05) is 11.4 Å². The normalized spacial score (nSPS) is 18.6. The number of carboxylic acids is 1. The van der Waals surface area contributed by atoms with Crippen LogP contribution in [0, 0.1) is 17.6 Å². The fourth-order valence-corrected chi connectivity index (χ4v) is 3.17. The summed E-state index contributed by atoms with van der Waals surface area (Å²) in [6.07, 6.45) is -0.167. The van der Waals surface area contributed by atoms with Crippen LogP contribution in [0.2, 0.25) is 0 Å². The summed E-state index contributed by atoms with van der Waals surface area (Å²) in [5.74, 6) is -4.37. The number of hydrogen-bond acceptors (Lipinski definition) is 3. The lowest BCUT2D eigenvalue weighted by molar-refractivity contribution is -0.148. The Morgan fingerprint density at radius 2 is 1.79 bits per heavy atom. The molecule has 146 valence electrons. The number of anilines is 1. The number of para-hydroxylation sites is 1. The Kier molecular flexibility index (Phi) is 5.13. The van der Waals surface area contributed by atoms with Crippen LogP contribution in [0.4, 0.5) is 14.5 Å². The molecule has 2 aromatic carbocycles. The molecule has 8 heteroatoms. The number of carbonyl (C=O) groups is 3. The Labute approximate surface area is 159 Å². The van der Waals surface area contributed by atoms with Crippen LogP contribution in [-0.4, -0.2) is 29.4 Å². The van der Waals surface area contributed by atoms with E-state index in [4.69, 9.17) is 0 Å². The van der Waals surface area contributed by atoms with Crippen LogP contribution in [0.15, 0.2) is 48.5 Å². The second kappa shape index (κ2) is 7.38. The third kappa shape index (κ3) is 3.58. The van der Waals surface area contributed by atoms with Crippen molar-refractivity contribution in [1.82, 2.24) is 5.32 Å². The standard InChI is InChI=1S/C20H18F2N2O4/c1-20(19(27)28,13-6-8-14(21)9-7-13)23-18(26)12-10-17(25)24(11-12)16-5-3-2-4-15(16)22/h2-9,12H,10-11H2,1H3,(H,23,26)(H,27,28). The van der Waals surface area contributed by atoms with Crippen LogP contribution in [-0.2, 0) is 19.9 Å². The minimum atomic E-state index is -1.81. The van der Waals surface area contributed by atoms with Crippen molar-refractivity contribution < 1.29 is 28.3 Å². The highest BCUT2D eigenvalue weighted by Gasteiger charge is 2.42. The average Bonchev–Trinajstić information content (AvgIpc) is 3.04. The first-order chi connectivity index (χ1) is 13.2. The highest BCUT2D eigenvalue weighted by molar-refractivity contribution is 6.01. The maximum Gasteiger partial charge on any atom is 0.333 e. The molecule has 1 fully saturated rings. The van der Waals surface area contributed by atoms with Gasteiger partial charge in [-0.3, -0.25) is 9.59 Å². The number of rotatable bonds is 5. The quantitative estimate of drug-likeness (QED) is 0.824. The van der Waals surface area contributed by atoms with Gasteiger partial charge in [-0.1, -0.05) is 24.3 Å². The van der Waals surface area contributed by atoms with Crippen LogP contribution >= 0.6 is 0 Å². The van der Waals surface area contributed by atoms with Gasteiger partial charge in [-0.15, -0.1) is 0 Å². The van der Waals surface area contributed by atoms with Gasteiger partial charge in [-0.2, -0.15) is 0 Å². The molecule has 0 saturated carbocycles. The summed E-state index contributed by atoms with van der Waals surface area (Å²) >= 11 is 0. The van der Waals surface area contributed by atoms with Gasteiger partial charge < -0.3 is 15.3 Å². The second-order valence-corrected chi connectivity index (χ2v) is 6.78. The monoisotopic (exact) mass is 388 g/mol. The summed E-state index contributed by atoms with van der Waals surface area (Å²) in [5, 5.41) is 12.1. The molecule has 6 nitrogen and oxygen atoms in total. The zero-order valence-electron chi connectivity index (χ0n) is 15.0. The fourth-order valence-electron chi connectivity index (χ4n) is 3.17. The largest absolute Gasteiger partial charge is 0.479 e. The van der Waals surface area contributed by atoms with E-state index in [0.717, 1.165) is 12.1 Å². The molecule has 0 aliphatic carbocycles. The van der Waals surface area contributed by atoms with Gasteiger partial charge in [0.05, 0.1) is 11.6 Å². The molecule has 2 unspecified atom stereocenters. The van der Waals surface area contributed by atoms with Crippen molar-refractivity contribution in [3.8, 4) is 0 Å². The summed E-state index contributed by atoms with van der Waals surface area (Å²) in [5.41, 5.74) is -1.55. The summed E-state index contributed by atoms with van der Waals surface area (Å²) in [4.78, 5) is 38.0. The van der Waals surface area contributed by atoms with E-state index < -0.39 is 40.9 Å². The number of nitrogens with zero attached hydrogens (tertiary/aromatic N) is 1. The van der Waals surface area contributed by atoms with Crippen molar-refractivity contribution in [2.24, 2.45) is 5.92 Å². The van der Waals surface area contributed by atoms with E-state index in [1.807, 2.05) is 0 Å². The summed E-state index contributed by atoms with van der Waals surface area (Å²) in [6.45, 7) is 1.22. The van der Waals surface area contributed by atoms with Crippen molar-refractivity contribution in [3.05, 3.63) is 65.7 Å². The average molecular weight is 388 g/mol. The van der Waals surface area contributed by atoms with Gasteiger partial charge in [0, 0.05) is 13.0 Å². The topological polar surface area (TPSA) is 86.7 Å². The van der Waals surface area contributed by atoms with E-state index in [1.54, 1.807) is 6.07 Å². The van der Waals surface area contributed by atoms with Gasteiger partial charge in [-0.25, -0.2) is 13.6 Å². The van der Waals surface area contributed by atoms with Crippen LogP contribution in [0.25, 0.3) is 0 Å². The number of hydrogen-bond donors (Lipinski definition) is 2. The Morgan fingerprint density at radius 1 is 1.14 bits per heavy atom. The highest BCUT2D eigenvalue weighted by Crippen LogP contribution is 2.29. The van der Waals surface area contributed by atoms with Gasteiger partial charge in [0.1, 0.15) is 11.6 Å². The number of halogens is 2. The van der Waals surface area contributed by atoms with E-state index in [0.29, 0.717) is 0 Å². The first kappa shape index (κ1) is 19.5. The molecule has 28 heavy (non-hydrogen) atoms. The number of aliphatic carboxylic acids is 1. The molecule has 0 aromatic heterocycles. The SMILES string of the molecule is CC(NC(=O)C1CC(=O)N(c2ccccc2F)C1)(C(=O)O)c1ccc(F)cc1. The maximum absolute atomic E-state index is 14.0. The second-order valence-electron chi connectivity index (χ2n) is 6.78. The summed E-state index contributed by atoms with van der Waals surface area (Å²) < 4.78 is 27.1. The molecule has 2 atom stereocenters. The van der Waals surface area contributed by atoms with Gasteiger partial charge in [-0.05, 0) is 36.8 Å². The Balaban J connectivity index is 1.80. The van der Waals surface area contributed by atoms with Crippen LogP contribution in [0.1, 0.15) is 18.9 Å². The zero-order chi connectivity index (χ0) is 20.5. The predicted molar refractivity (Wildman–Crippen MR) is 96.4 cm³/mol. The third-order valence-electron chi connectivity index (χ3n) is 4.86. The number of amides is 2. The molecule has 1 saturated heterocycles. The van der Waals surface area contributed by atoms with E-state index in [2.05, 4.69) is 5.32 Å². The summed E-state index contributed by atoms with van der Waals surface area (Å²) in [6, 6.07) is 10.5. The predicted octanol–water partition coefficient (Wildman–Crippen LogP) is 2.43. The van der Waals surface area contributed by atoms with Gasteiger partial charge in [0.2, 0.25) is 11.8 Å². The molecule has 2 N–H and O–H groups in total. The molecule has 3 rings (SSSR count). The maximum atomic E-state index is 14.0. The smallest absolute Gasteiger partial charge is 0.333 e. The molecule has 1 aliphatic rings. The Hall–Kier alpha value is -3.29. The van der Waals surface area contributed by atoms with Crippen molar-refractivity contribution in [1.29, 1.82) is 0 Å². The van der Waals surface area contributed by atoms with E-state index in [1.165, 1.54) is 42.2 Å². The molecule has 2 amide bonds. The lowest BCUT2D eigenvalue weighted by Gasteiger charge is -2.28. The lowest BCUT2D eigenvalue weighted by Crippen LogP contribution is -2.51. The number of benzene rings is 2. The third-order valence-corrected chi connectivity index (χ3v) is 4.86. The molecular formula is C20H18F2N2O4. The number of nitrogens with one attached hydrogen (secondary N) is 1. The van der Waals surface area contributed by atoms with Crippen LogP contribution < -0.4 is 10.2 Å². The Morgan fingerprint density at radius 3 is 2.39 bits per heavy atom. The van der Waals surface area contributed by atoms with E-state index in [9.17, 15) is 28.3 Å². The molecule has 1 aliphatic heterocycles. The van der Waals surface area contributed by atoms with E-state index >= 15 is 0 Å². The van der Waals surface area contributed by atoms with E-state index in [-0.39, 0.29) is 24.2 Å². The minimum Gasteiger partial charge on any atom is -0.479 e.